The number of hydrogen-bond acceptors (Lipinski definition) is 1. The average molecular weight is 338 g/mol. The minimum Gasteiger partial charge on any atom is -0.298 e. The molecule has 0 aliphatic carbocycles. The van der Waals surface area contributed by atoms with Crippen LogP contribution in [0.3, 0.4) is 0 Å². The third-order valence-electron chi connectivity index (χ3n) is 4.93. The smallest absolute Gasteiger partial charge is 0.0626 e. The lowest BCUT2D eigenvalue weighted by Crippen LogP contribution is -2.33. The normalized spacial score (nSPS) is 12.1. The minimum absolute atomic E-state index is 1.05. The molecule has 0 aromatic carbocycles. The Morgan fingerprint density at radius 2 is 1.30 bits per heavy atom. The predicted octanol–water partition coefficient (Wildman–Crippen LogP) is 7.65. The van der Waals surface area contributed by atoms with Crippen molar-refractivity contribution in [2.24, 2.45) is 4.99 Å². The van der Waals surface area contributed by atoms with E-state index in [1.165, 1.54) is 88.4 Å². The van der Waals surface area contributed by atoms with E-state index in [0.29, 0.717) is 0 Å². The molecule has 0 radical (unpaired) electrons. The van der Waals surface area contributed by atoms with E-state index in [1.807, 2.05) is 0 Å². The first-order valence-corrected chi connectivity index (χ1v) is 13.2. The lowest BCUT2D eigenvalue weighted by molar-refractivity contribution is 0.578. The highest BCUT2D eigenvalue weighted by Crippen LogP contribution is 2.28. The van der Waals surface area contributed by atoms with E-state index in [1.54, 1.807) is 0 Å². The van der Waals surface area contributed by atoms with Crippen molar-refractivity contribution in [3.05, 3.63) is 12.7 Å². The minimum atomic E-state index is -1.16. The van der Waals surface area contributed by atoms with Gasteiger partial charge in [0.25, 0.3) is 0 Å². The number of unbranched alkanes of at least 4 members (excludes halogenated alkanes) is 7. The van der Waals surface area contributed by atoms with Gasteiger partial charge < -0.3 is 0 Å². The SMILES string of the molecule is C=CC[Si](CC=NCCCCCCCCCC)(CCC)CCC. The Morgan fingerprint density at radius 1 is 0.739 bits per heavy atom. The van der Waals surface area contributed by atoms with Gasteiger partial charge in [-0.1, -0.05) is 96.7 Å². The molecule has 0 saturated carbocycles. The highest BCUT2D eigenvalue weighted by molar-refractivity contribution is 6.82. The van der Waals surface area contributed by atoms with E-state index in [4.69, 9.17) is 4.99 Å². The molecule has 0 aliphatic heterocycles. The van der Waals surface area contributed by atoms with Gasteiger partial charge in [-0.3, -0.25) is 4.99 Å². The second kappa shape index (κ2) is 16.5. The summed E-state index contributed by atoms with van der Waals surface area (Å²) in [7, 11) is -1.16. The van der Waals surface area contributed by atoms with Crippen molar-refractivity contribution in [2.75, 3.05) is 6.54 Å². The van der Waals surface area contributed by atoms with E-state index in [2.05, 4.69) is 39.6 Å². The van der Waals surface area contributed by atoms with Crippen molar-refractivity contribution >= 4 is 14.3 Å². The van der Waals surface area contributed by atoms with Crippen molar-refractivity contribution < 1.29 is 0 Å². The van der Waals surface area contributed by atoms with Gasteiger partial charge in [-0.05, 0) is 24.7 Å². The summed E-state index contributed by atoms with van der Waals surface area (Å²) in [5.74, 6) is 0. The Hall–Kier alpha value is -0.373. The van der Waals surface area contributed by atoms with Crippen LogP contribution in [0.4, 0.5) is 0 Å². The fraction of sp³-hybridized carbons (Fsp3) is 0.857. The predicted molar refractivity (Wildman–Crippen MR) is 112 cm³/mol. The van der Waals surface area contributed by atoms with Crippen LogP contribution in [-0.2, 0) is 0 Å². The van der Waals surface area contributed by atoms with Crippen molar-refractivity contribution in [2.45, 2.75) is 109 Å². The van der Waals surface area contributed by atoms with Crippen LogP contribution in [0, 0.1) is 0 Å². The van der Waals surface area contributed by atoms with Gasteiger partial charge in [0, 0.05) is 6.54 Å². The molecule has 0 unspecified atom stereocenters. The van der Waals surface area contributed by atoms with Crippen LogP contribution in [0.1, 0.15) is 85.0 Å². The van der Waals surface area contributed by atoms with Gasteiger partial charge in [0.1, 0.15) is 0 Å². The molecule has 0 aromatic rings. The van der Waals surface area contributed by atoms with Crippen molar-refractivity contribution in [1.82, 2.24) is 0 Å². The Bertz CT molecular complexity index is 280. The van der Waals surface area contributed by atoms with Gasteiger partial charge in [0.05, 0.1) is 8.07 Å². The first kappa shape index (κ1) is 22.6. The Morgan fingerprint density at radius 3 is 1.83 bits per heavy atom. The molecule has 0 aromatic heterocycles. The number of allylic oxidation sites excluding steroid dienone is 1. The van der Waals surface area contributed by atoms with Crippen molar-refractivity contribution in [3.63, 3.8) is 0 Å². The maximum absolute atomic E-state index is 4.73. The molecule has 0 atom stereocenters. The molecule has 2 heteroatoms. The van der Waals surface area contributed by atoms with Crippen LogP contribution in [0.15, 0.2) is 17.6 Å². The van der Waals surface area contributed by atoms with Crippen molar-refractivity contribution in [3.8, 4) is 0 Å². The molecule has 0 bridgehead atoms. The van der Waals surface area contributed by atoms with Crippen LogP contribution in [-0.4, -0.2) is 20.8 Å². The van der Waals surface area contributed by atoms with Crippen LogP contribution in [0.25, 0.3) is 0 Å². The number of hydrogen-bond donors (Lipinski definition) is 0. The maximum Gasteiger partial charge on any atom is 0.0626 e. The quantitative estimate of drug-likeness (QED) is 0.112. The molecule has 0 saturated heterocycles. The molecule has 0 fully saturated rings. The number of nitrogens with zero attached hydrogens (tertiary/aromatic N) is 1. The molecule has 136 valence electrons. The number of aliphatic imine (C=N–C) groups is 1. The molecule has 0 spiro atoms. The van der Waals surface area contributed by atoms with E-state index >= 15 is 0 Å². The van der Waals surface area contributed by atoms with Crippen molar-refractivity contribution in [1.29, 1.82) is 0 Å². The van der Waals surface area contributed by atoms with E-state index in [-0.39, 0.29) is 0 Å². The first-order valence-electron chi connectivity index (χ1n) is 10.3. The van der Waals surface area contributed by atoms with Crippen LogP contribution < -0.4 is 0 Å². The van der Waals surface area contributed by atoms with E-state index in [0.717, 1.165) is 6.54 Å². The Balaban J connectivity index is 3.84. The fourth-order valence-corrected chi connectivity index (χ4v) is 8.15. The zero-order valence-corrected chi connectivity index (χ0v) is 17.4. The van der Waals surface area contributed by atoms with Gasteiger partial charge in [-0.15, -0.1) is 6.58 Å². The zero-order chi connectivity index (χ0) is 17.2. The summed E-state index contributed by atoms with van der Waals surface area (Å²) in [4.78, 5) is 4.73. The Kier molecular flexibility index (Phi) is 16.2. The zero-order valence-electron chi connectivity index (χ0n) is 16.4. The third kappa shape index (κ3) is 12.7. The molecule has 1 nitrogen and oxygen atoms in total. The summed E-state index contributed by atoms with van der Waals surface area (Å²) in [5, 5.41) is 0. The molecule has 23 heavy (non-hydrogen) atoms. The third-order valence-corrected chi connectivity index (χ3v) is 10.3. The van der Waals surface area contributed by atoms with Crippen LogP contribution in [0.5, 0.6) is 0 Å². The topological polar surface area (TPSA) is 12.4 Å². The largest absolute Gasteiger partial charge is 0.298 e. The average Bonchev–Trinajstić information content (AvgIpc) is 2.53. The molecule has 0 amide bonds. The van der Waals surface area contributed by atoms with Crippen LogP contribution in [0.2, 0.25) is 24.2 Å². The fourth-order valence-electron chi connectivity index (χ4n) is 3.67. The summed E-state index contributed by atoms with van der Waals surface area (Å²) < 4.78 is 0. The highest BCUT2D eigenvalue weighted by Gasteiger charge is 2.28. The number of rotatable bonds is 17. The van der Waals surface area contributed by atoms with Gasteiger partial charge in [0.2, 0.25) is 0 Å². The highest BCUT2D eigenvalue weighted by atomic mass is 28.3. The summed E-state index contributed by atoms with van der Waals surface area (Å²) in [6, 6.07) is 5.43. The summed E-state index contributed by atoms with van der Waals surface area (Å²) in [6.45, 7) is 12.0. The second-order valence-corrected chi connectivity index (χ2v) is 12.1. The molecular formula is C21H43NSi. The maximum atomic E-state index is 4.73. The monoisotopic (exact) mass is 337 g/mol. The van der Waals surface area contributed by atoms with Gasteiger partial charge in [0.15, 0.2) is 0 Å². The van der Waals surface area contributed by atoms with E-state index < -0.39 is 8.07 Å². The van der Waals surface area contributed by atoms with Crippen LogP contribution >= 0.6 is 0 Å². The summed E-state index contributed by atoms with van der Waals surface area (Å²) >= 11 is 0. The lowest BCUT2D eigenvalue weighted by Gasteiger charge is -2.28. The molecule has 0 rings (SSSR count). The summed E-state index contributed by atoms with van der Waals surface area (Å²) in [5.41, 5.74) is 0. The molecule has 0 heterocycles. The molecular weight excluding hydrogens is 294 g/mol. The van der Waals surface area contributed by atoms with Gasteiger partial charge in [-0.25, -0.2) is 0 Å². The molecule has 0 aliphatic rings. The molecule has 0 N–H and O–H groups in total. The lowest BCUT2D eigenvalue weighted by atomic mass is 10.1. The Labute approximate surface area is 148 Å². The standard InChI is InChI=1S/C21H43NSi/c1-5-9-10-11-12-13-14-15-16-22-17-21-23(18-6-2,19-7-3)20-8-4/h6,17H,2,5,7-16,18-21H2,1,3-4H3. The second-order valence-electron chi connectivity index (χ2n) is 7.26. The van der Waals surface area contributed by atoms with Gasteiger partial charge in [-0.2, -0.15) is 0 Å². The summed E-state index contributed by atoms with van der Waals surface area (Å²) in [6.07, 6.45) is 18.2. The van der Waals surface area contributed by atoms with Gasteiger partial charge >= 0.3 is 0 Å². The van der Waals surface area contributed by atoms with E-state index in [9.17, 15) is 0 Å². The first-order chi connectivity index (χ1) is 11.2.